The molecule has 0 unspecified atom stereocenters. The van der Waals surface area contributed by atoms with Crippen LogP contribution < -0.4 is 14.8 Å². The first kappa shape index (κ1) is 13.0. The molecule has 0 spiro atoms. The number of ether oxygens (including phenoxy) is 2. The Balaban J connectivity index is 1.76. The molecule has 2 aromatic rings. The zero-order chi connectivity index (χ0) is 14.2. The first-order chi connectivity index (χ1) is 9.56. The molecule has 1 aromatic carbocycles. The molecule has 3 rings (SSSR count). The molecule has 106 valence electrons. The van der Waals surface area contributed by atoms with Gasteiger partial charge in [0.2, 0.25) is 6.79 Å². The van der Waals surface area contributed by atoms with Crippen LogP contribution in [0.1, 0.15) is 25.1 Å². The van der Waals surface area contributed by atoms with Crippen molar-refractivity contribution >= 4 is 0 Å². The van der Waals surface area contributed by atoms with E-state index in [4.69, 9.17) is 9.47 Å². The lowest BCUT2D eigenvalue weighted by atomic mass is 9.94. The maximum atomic E-state index is 5.44. The summed E-state index contributed by atoms with van der Waals surface area (Å²) >= 11 is 0. The highest BCUT2D eigenvalue weighted by Crippen LogP contribution is 2.35. The molecule has 0 fully saturated rings. The fourth-order valence-corrected chi connectivity index (χ4v) is 2.27. The lowest BCUT2D eigenvalue weighted by molar-refractivity contribution is 0.174. The number of rotatable bonds is 4. The van der Waals surface area contributed by atoms with Crippen molar-refractivity contribution in [1.29, 1.82) is 0 Å². The van der Waals surface area contributed by atoms with Crippen molar-refractivity contribution in [2.24, 2.45) is 7.05 Å². The highest BCUT2D eigenvalue weighted by Gasteiger charge is 2.23. The van der Waals surface area contributed by atoms with Crippen LogP contribution in [0.3, 0.4) is 0 Å². The molecule has 1 aromatic heterocycles. The normalized spacial score (nSPS) is 13.8. The van der Waals surface area contributed by atoms with Gasteiger partial charge in [-0.1, -0.05) is 6.07 Å². The summed E-state index contributed by atoms with van der Waals surface area (Å²) in [7, 11) is 1.95. The maximum absolute atomic E-state index is 5.44. The molecule has 0 amide bonds. The van der Waals surface area contributed by atoms with Crippen molar-refractivity contribution < 1.29 is 9.47 Å². The Morgan fingerprint density at radius 1 is 1.25 bits per heavy atom. The minimum Gasteiger partial charge on any atom is -0.454 e. The molecule has 20 heavy (non-hydrogen) atoms. The maximum Gasteiger partial charge on any atom is 0.231 e. The van der Waals surface area contributed by atoms with Gasteiger partial charge in [0.25, 0.3) is 0 Å². The van der Waals surface area contributed by atoms with Gasteiger partial charge in [-0.2, -0.15) is 5.10 Å². The van der Waals surface area contributed by atoms with Gasteiger partial charge in [-0.15, -0.1) is 0 Å². The van der Waals surface area contributed by atoms with Gasteiger partial charge in [-0.05, 0) is 37.6 Å². The van der Waals surface area contributed by atoms with E-state index in [1.165, 1.54) is 5.56 Å². The van der Waals surface area contributed by atoms with Gasteiger partial charge in [0.05, 0.1) is 5.69 Å². The predicted molar refractivity (Wildman–Crippen MR) is 75.6 cm³/mol. The Labute approximate surface area is 118 Å². The van der Waals surface area contributed by atoms with E-state index in [-0.39, 0.29) is 5.54 Å². The fraction of sp³-hybridized carbons (Fsp3) is 0.400. The largest absolute Gasteiger partial charge is 0.454 e. The molecule has 0 saturated heterocycles. The van der Waals surface area contributed by atoms with Crippen molar-refractivity contribution in [3.05, 3.63) is 41.7 Å². The number of hydrogen-bond acceptors (Lipinski definition) is 4. The molecule has 1 N–H and O–H groups in total. The van der Waals surface area contributed by atoms with E-state index in [2.05, 4.69) is 30.3 Å². The van der Waals surface area contributed by atoms with Gasteiger partial charge >= 0.3 is 0 Å². The van der Waals surface area contributed by atoms with Crippen LogP contribution in [-0.4, -0.2) is 16.6 Å². The summed E-state index contributed by atoms with van der Waals surface area (Å²) in [6.45, 7) is 5.38. The standard InChI is InChI=1S/C15H19N3O2/c1-15(2,16-9-12-6-7-17-18(12)3)11-4-5-13-14(8-11)20-10-19-13/h4-8,16H,9-10H2,1-3H3. The molecule has 0 radical (unpaired) electrons. The average molecular weight is 273 g/mol. The lowest BCUT2D eigenvalue weighted by Crippen LogP contribution is -2.36. The average Bonchev–Trinajstić information content (AvgIpc) is 3.04. The Bertz CT molecular complexity index is 619. The van der Waals surface area contributed by atoms with E-state index in [0.29, 0.717) is 6.79 Å². The number of fused-ring (bicyclic) bond motifs is 1. The summed E-state index contributed by atoms with van der Waals surface area (Å²) in [6, 6.07) is 8.09. The first-order valence-corrected chi connectivity index (χ1v) is 6.68. The van der Waals surface area contributed by atoms with Crippen molar-refractivity contribution in [1.82, 2.24) is 15.1 Å². The van der Waals surface area contributed by atoms with E-state index in [1.807, 2.05) is 36.1 Å². The molecule has 1 aliphatic rings. The minimum atomic E-state index is -0.161. The van der Waals surface area contributed by atoms with Crippen LogP contribution in [0.2, 0.25) is 0 Å². The number of benzene rings is 1. The van der Waals surface area contributed by atoms with Crippen molar-refractivity contribution in [2.45, 2.75) is 25.9 Å². The fourth-order valence-electron chi connectivity index (χ4n) is 2.27. The zero-order valence-electron chi connectivity index (χ0n) is 12.0. The Morgan fingerprint density at radius 3 is 2.80 bits per heavy atom. The van der Waals surface area contributed by atoms with Gasteiger partial charge in [0.15, 0.2) is 11.5 Å². The third-order valence-corrected chi connectivity index (χ3v) is 3.73. The monoisotopic (exact) mass is 273 g/mol. The SMILES string of the molecule is Cn1nccc1CNC(C)(C)c1ccc2c(c1)OCO2. The van der Waals surface area contributed by atoms with Crippen LogP contribution in [0.25, 0.3) is 0 Å². The van der Waals surface area contributed by atoms with E-state index >= 15 is 0 Å². The molecule has 5 nitrogen and oxygen atoms in total. The summed E-state index contributed by atoms with van der Waals surface area (Å²) in [6.07, 6.45) is 1.81. The van der Waals surface area contributed by atoms with E-state index in [0.717, 1.165) is 23.7 Å². The molecule has 5 heteroatoms. The first-order valence-electron chi connectivity index (χ1n) is 6.68. The van der Waals surface area contributed by atoms with Crippen LogP contribution in [0.4, 0.5) is 0 Å². The van der Waals surface area contributed by atoms with E-state index < -0.39 is 0 Å². The summed E-state index contributed by atoms with van der Waals surface area (Å²) in [5, 5.41) is 7.73. The number of hydrogen-bond donors (Lipinski definition) is 1. The number of nitrogens with one attached hydrogen (secondary N) is 1. The molecular weight excluding hydrogens is 254 g/mol. The number of aromatic nitrogens is 2. The van der Waals surface area contributed by atoms with Crippen molar-refractivity contribution in [2.75, 3.05) is 6.79 Å². The molecule has 0 saturated carbocycles. The smallest absolute Gasteiger partial charge is 0.231 e. The second-order valence-corrected chi connectivity index (χ2v) is 5.49. The number of aryl methyl sites for hydroxylation is 1. The highest BCUT2D eigenvalue weighted by molar-refractivity contribution is 5.46. The summed E-state index contributed by atoms with van der Waals surface area (Å²) < 4.78 is 12.7. The molecule has 1 aliphatic heterocycles. The molecule has 0 bridgehead atoms. The van der Waals surface area contributed by atoms with Crippen molar-refractivity contribution in [3.8, 4) is 11.5 Å². The van der Waals surface area contributed by atoms with E-state index in [1.54, 1.807) is 0 Å². The van der Waals surface area contributed by atoms with Crippen LogP contribution >= 0.6 is 0 Å². The quantitative estimate of drug-likeness (QED) is 0.927. The molecular formula is C15H19N3O2. The Kier molecular flexibility index (Phi) is 3.14. The minimum absolute atomic E-state index is 0.161. The third-order valence-electron chi connectivity index (χ3n) is 3.73. The van der Waals surface area contributed by atoms with Crippen LogP contribution in [0.15, 0.2) is 30.5 Å². The molecule has 2 heterocycles. The zero-order valence-corrected chi connectivity index (χ0v) is 12.0. The Hall–Kier alpha value is -2.01. The van der Waals surface area contributed by atoms with Gasteiger partial charge in [0, 0.05) is 25.3 Å². The third kappa shape index (κ3) is 2.36. The van der Waals surface area contributed by atoms with Crippen LogP contribution in [0, 0.1) is 0 Å². The molecule has 0 aliphatic carbocycles. The van der Waals surface area contributed by atoms with Gasteiger partial charge in [-0.3, -0.25) is 4.68 Å². The summed E-state index contributed by atoms with van der Waals surface area (Å²) in [4.78, 5) is 0. The highest BCUT2D eigenvalue weighted by atomic mass is 16.7. The Morgan fingerprint density at radius 2 is 2.05 bits per heavy atom. The van der Waals surface area contributed by atoms with Gasteiger partial charge in [0.1, 0.15) is 0 Å². The summed E-state index contributed by atoms with van der Waals surface area (Å²) in [5.41, 5.74) is 2.16. The van der Waals surface area contributed by atoms with Crippen LogP contribution in [0.5, 0.6) is 11.5 Å². The van der Waals surface area contributed by atoms with Gasteiger partial charge in [-0.25, -0.2) is 0 Å². The molecule has 0 atom stereocenters. The lowest BCUT2D eigenvalue weighted by Gasteiger charge is -2.27. The van der Waals surface area contributed by atoms with E-state index in [9.17, 15) is 0 Å². The second kappa shape index (κ2) is 4.83. The van der Waals surface area contributed by atoms with Gasteiger partial charge < -0.3 is 14.8 Å². The second-order valence-electron chi connectivity index (χ2n) is 5.49. The summed E-state index contributed by atoms with van der Waals surface area (Å²) in [5.74, 6) is 1.63. The predicted octanol–water partition coefficient (Wildman–Crippen LogP) is 2.17. The van der Waals surface area contributed by atoms with Crippen molar-refractivity contribution in [3.63, 3.8) is 0 Å². The number of nitrogens with zero attached hydrogens (tertiary/aromatic N) is 2. The topological polar surface area (TPSA) is 48.3 Å². The van der Waals surface area contributed by atoms with Crippen LogP contribution in [-0.2, 0) is 19.1 Å².